The average molecular weight is 289 g/mol. The van der Waals surface area contributed by atoms with Crippen molar-refractivity contribution < 1.29 is 9.21 Å². The van der Waals surface area contributed by atoms with E-state index in [1.165, 1.54) is 11.3 Å². The van der Waals surface area contributed by atoms with Gasteiger partial charge in [0.25, 0.3) is 0 Å². The van der Waals surface area contributed by atoms with Crippen LogP contribution in [0.2, 0.25) is 0 Å². The molecule has 1 fully saturated rings. The number of carbonyl (C=O) groups is 1. The lowest BCUT2D eigenvalue weighted by Crippen LogP contribution is -2.39. The van der Waals surface area contributed by atoms with Gasteiger partial charge in [0.2, 0.25) is 5.91 Å². The fourth-order valence-electron chi connectivity index (χ4n) is 2.48. The maximum atomic E-state index is 12.5. The molecular weight excluding hydrogens is 270 g/mol. The number of rotatable bonds is 6. The molecule has 0 aromatic carbocycles. The highest BCUT2D eigenvalue weighted by molar-refractivity contribution is 7.09. The lowest BCUT2D eigenvalue weighted by Gasteiger charge is -2.31. The average Bonchev–Trinajstić information content (AvgIpc) is 3.05. The standard InChI is InChI=1S/C16H19NO2S/c18-16(14-3-1-4-14)17(11-13-7-9-19-12-13)8-6-15-5-2-10-20-15/h2,5,7,9-10,12,14H,1,3-4,6,8,11H2. The Kier molecular flexibility index (Phi) is 4.21. The van der Waals surface area contributed by atoms with Crippen molar-refractivity contribution in [2.75, 3.05) is 6.54 Å². The van der Waals surface area contributed by atoms with Crippen molar-refractivity contribution in [1.29, 1.82) is 0 Å². The largest absolute Gasteiger partial charge is 0.472 e. The van der Waals surface area contributed by atoms with Gasteiger partial charge in [-0.25, -0.2) is 0 Å². The molecule has 4 heteroatoms. The van der Waals surface area contributed by atoms with Crippen LogP contribution >= 0.6 is 11.3 Å². The molecular formula is C16H19NO2S. The van der Waals surface area contributed by atoms with Gasteiger partial charge in [-0.2, -0.15) is 0 Å². The van der Waals surface area contributed by atoms with Gasteiger partial charge in [0, 0.05) is 29.4 Å². The van der Waals surface area contributed by atoms with Gasteiger partial charge in [-0.1, -0.05) is 12.5 Å². The van der Waals surface area contributed by atoms with E-state index in [0.29, 0.717) is 12.5 Å². The van der Waals surface area contributed by atoms with Crippen LogP contribution < -0.4 is 0 Å². The molecule has 106 valence electrons. The summed E-state index contributed by atoms with van der Waals surface area (Å²) in [6, 6.07) is 6.13. The summed E-state index contributed by atoms with van der Waals surface area (Å²) >= 11 is 1.76. The summed E-state index contributed by atoms with van der Waals surface area (Å²) < 4.78 is 5.11. The van der Waals surface area contributed by atoms with Gasteiger partial charge >= 0.3 is 0 Å². The van der Waals surface area contributed by atoms with Crippen molar-refractivity contribution in [3.63, 3.8) is 0 Å². The molecule has 3 rings (SSSR count). The lowest BCUT2D eigenvalue weighted by atomic mass is 9.84. The fourth-order valence-corrected chi connectivity index (χ4v) is 3.18. The van der Waals surface area contributed by atoms with Crippen LogP contribution in [0.3, 0.4) is 0 Å². The molecule has 0 atom stereocenters. The minimum atomic E-state index is 0.255. The normalized spacial score (nSPS) is 15.0. The summed E-state index contributed by atoms with van der Waals surface area (Å²) in [4.78, 5) is 15.8. The quantitative estimate of drug-likeness (QED) is 0.812. The van der Waals surface area contributed by atoms with E-state index in [0.717, 1.165) is 31.4 Å². The summed E-state index contributed by atoms with van der Waals surface area (Å²) in [5, 5.41) is 2.09. The first-order chi connectivity index (χ1) is 9.83. The van der Waals surface area contributed by atoms with Crippen molar-refractivity contribution in [3.05, 3.63) is 46.5 Å². The van der Waals surface area contributed by atoms with E-state index in [4.69, 9.17) is 4.42 Å². The van der Waals surface area contributed by atoms with E-state index in [1.807, 2.05) is 11.0 Å². The molecule has 1 amide bonds. The zero-order valence-corrected chi connectivity index (χ0v) is 12.3. The van der Waals surface area contributed by atoms with E-state index in [2.05, 4.69) is 17.5 Å². The molecule has 2 aromatic heterocycles. The van der Waals surface area contributed by atoms with Crippen LogP contribution in [0.25, 0.3) is 0 Å². The van der Waals surface area contributed by atoms with E-state index in [9.17, 15) is 4.79 Å². The Hall–Kier alpha value is -1.55. The maximum Gasteiger partial charge on any atom is 0.225 e. The predicted octanol–water partition coefficient (Wildman–Crippen LogP) is 3.71. The van der Waals surface area contributed by atoms with Crippen LogP contribution in [0, 0.1) is 5.92 Å². The Balaban J connectivity index is 1.63. The summed E-state index contributed by atoms with van der Waals surface area (Å²) in [6.07, 6.45) is 7.64. The zero-order valence-electron chi connectivity index (χ0n) is 11.5. The van der Waals surface area contributed by atoms with Crippen LogP contribution in [0.5, 0.6) is 0 Å². The third kappa shape index (κ3) is 3.12. The van der Waals surface area contributed by atoms with Crippen molar-refractivity contribution in [2.24, 2.45) is 5.92 Å². The predicted molar refractivity (Wildman–Crippen MR) is 79.5 cm³/mol. The summed E-state index contributed by atoms with van der Waals surface area (Å²) in [7, 11) is 0. The lowest BCUT2D eigenvalue weighted by molar-refractivity contribution is -0.138. The van der Waals surface area contributed by atoms with Gasteiger partial charge in [0.05, 0.1) is 12.5 Å². The molecule has 1 aliphatic carbocycles. The molecule has 0 radical (unpaired) electrons. The number of thiophene rings is 1. The number of furan rings is 1. The fraction of sp³-hybridized carbons (Fsp3) is 0.438. The molecule has 2 heterocycles. The van der Waals surface area contributed by atoms with Crippen LogP contribution in [-0.2, 0) is 17.8 Å². The van der Waals surface area contributed by atoms with E-state index >= 15 is 0 Å². The molecule has 0 saturated heterocycles. The third-order valence-corrected chi connectivity index (χ3v) is 4.86. The second-order valence-corrected chi connectivity index (χ2v) is 6.38. The van der Waals surface area contributed by atoms with Gasteiger partial charge in [-0.3, -0.25) is 4.79 Å². The van der Waals surface area contributed by atoms with Crippen molar-refractivity contribution in [2.45, 2.75) is 32.2 Å². The zero-order chi connectivity index (χ0) is 13.8. The van der Waals surface area contributed by atoms with Gasteiger partial charge in [-0.05, 0) is 36.8 Å². The molecule has 0 unspecified atom stereocenters. The molecule has 2 aromatic rings. The van der Waals surface area contributed by atoms with Gasteiger partial charge < -0.3 is 9.32 Å². The number of carbonyl (C=O) groups excluding carboxylic acids is 1. The maximum absolute atomic E-state index is 12.5. The Morgan fingerprint density at radius 3 is 2.90 bits per heavy atom. The molecule has 1 aliphatic rings. The first-order valence-corrected chi connectivity index (χ1v) is 8.03. The second-order valence-electron chi connectivity index (χ2n) is 5.35. The van der Waals surface area contributed by atoms with Crippen molar-refractivity contribution in [3.8, 4) is 0 Å². The molecule has 20 heavy (non-hydrogen) atoms. The van der Waals surface area contributed by atoms with Crippen molar-refractivity contribution in [1.82, 2.24) is 4.90 Å². The van der Waals surface area contributed by atoms with Crippen LogP contribution in [0.4, 0.5) is 0 Å². The Bertz CT molecular complexity index is 529. The second kappa shape index (κ2) is 6.27. The Morgan fingerprint density at radius 1 is 1.40 bits per heavy atom. The molecule has 1 saturated carbocycles. The first kappa shape index (κ1) is 13.4. The number of nitrogens with zero attached hydrogens (tertiary/aromatic N) is 1. The number of hydrogen-bond donors (Lipinski definition) is 0. The minimum absolute atomic E-state index is 0.255. The third-order valence-electron chi connectivity index (χ3n) is 3.93. The van der Waals surface area contributed by atoms with Gasteiger partial charge in [0.15, 0.2) is 0 Å². The summed E-state index contributed by atoms with van der Waals surface area (Å²) in [5.41, 5.74) is 1.07. The highest BCUT2D eigenvalue weighted by atomic mass is 32.1. The van der Waals surface area contributed by atoms with E-state index in [1.54, 1.807) is 23.9 Å². The van der Waals surface area contributed by atoms with E-state index in [-0.39, 0.29) is 5.92 Å². The smallest absolute Gasteiger partial charge is 0.225 e. The molecule has 0 aliphatic heterocycles. The SMILES string of the molecule is O=C(C1CCC1)N(CCc1cccs1)Cc1ccoc1. The topological polar surface area (TPSA) is 33.5 Å². The summed E-state index contributed by atoms with van der Waals surface area (Å²) in [5.74, 6) is 0.569. The minimum Gasteiger partial charge on any atom is -0.472 e. The molecule has 0 N–H and O–H groups in total. The monoisotopic (exact) mass is 289 g/mol. The Labute approximate surface area is 123 Å². The number of hydrogen-bond acceptors (Lipinski definition) is 3. The first-order valence-electron chi connectivity index (χ1n) is 7.15. The Morgan fingerprint density at radius 2 is 2.30 bits per heavy atom. The van der Waals surface area contributed by atoms with Gasteiger partial charge in [-0.15, -0.1) is 11.3 Å². The highest BCUT2D eigenvalue weighted by Gasteiger charge is 2.29. The van der Waals surface area contributed by atoms with Crippen LogP contribution in [0.15, 0.2) is 40.5 Å². The van der Waals surface area contributed by atoms with Crippen molar-refractivity contribution >= 4 is 17.2 Å². The number of amides is 1. The molecule has 0 bridgehead atoms. The highest BCUT2D eigenvalue weighted by Crippen LogP contribution is 2.29. The molecule has 3 nitrogen and oxygen atoms in total. The summed E-state index contributed by atoms with van der Waals surface area (Å²) in [6.45, 7) is 1.46. The van der Waals surface area contributed by atoms with Gasteiger partial charge in [0.1, 0.15) is 0 Å². The molecule has 0 spiro atoms. The van der Waals surface area contributed by atoms with E-state index < -0.39 is 0 Å². The van der Waals surface area contributed by atoms with Crippen LogP contribution in [-0.4, -0.2) is 17.4 Å². The van der Waals surface area contributed by atoms with Crippen LogP contribution in [0.1, 0.15) is 29.7 Å².